The van der Waals surface area contributed by atoms with E-state index in [1.165, 1.54) is 66.3 Å². The summed E-state index contributed by atoms with van der Waals surface area (Å²) in [5, 5.41) is 4.74. The van der Waals surface area contributed by atoms with Crippen molar-refractivity contribution in [2.75, 3.05) is 0 Å². The van der Waals surface area contributed by atoms with Gasteiger partial charge in [-0.1, -0.05) is 161 Å². The standard InChI is InChI=1S/C57H41N5/c1-56(2)44-22-12-8-18-37(44)39-28-26-34(32-46(39)56)53-58-54(35-27-29-40-38-19-9-13-23-45(38)57(3,4)47(40)33-35)60-55(59-53)62-49-25-15-11-21-43(49)51-50(62)31-30-42-41-20-10-14-24-48(41)61(52(42)51)36-16-6-5-7-17-36/h5-33H,1-4H3. The molecule has 8 aromatic carbocycles. The second-order valence-corrected chi connectivity index (χ2v) is 18.0. The number of nitrogens with zero attached hydrogens (tertiary/aromatic N) is 5. The van der Waals surface area contributed by atoms with E-state index in [-0.39, 0.29) is 10.8 Å². The highest BCUT2D eigenvalue weighted by atomic mass is 15.2. The van der Waals surface area contributed by atoms with Crippen LogP contribution in [0.25, 0.3) is 100 Å². The van der Waals surface area contributed by atoms with Gasteiger partial charge in [0.1, 0.15) is 0 Å². The van der Waals surface area contributed by atoms with Gasteiger partial charge in [0, 0.05) is 49.2 Å². The van der Waals surface area contributed by atoms with Gasteiger partial charge in [0.05, 0.1) is 22.1 Å². The minimum atomic E-state index is -0.170. The fraction of sp³-hybridized carbons (Fsp3) is 0.105. The van der Waals surface area contributed by atoms with Crippen LogP contribution in [0.15, 0.2) is 176 Å². The van der Waals surface area contributed by atoms with Crippen LogP contribution in [0, 0.1) is 0 Å². The van der Waals surface area contributed by atoms with Crippen molar-refractivity contribution in [3.05, 3.63) is 198 Å². The van der Waals surface area contributed by atoms with Crippen molar-refractivity contribution >= 4 is 43.6 Å². The van der Waals surface area contributed by atoms with Gasteiger partial charge in [0.15, 0.2) is 11.6 Å². The lowest BCUT2D eigenvalue weighted by molar-refractivity contribution is 0.660. The molecule has 0 N–H and O–H groups in total. The molecule has 0 radical (unpaired) electrons. The molecule has 11 aromatic rings. The van der Waals surface area contributed by atoms with E-state index in [2.05, 4.69) is 213 Å². The first-order valence-electron chi connectivity index (χ1n) is 21.5. The molecule has 0 bridgehead atoms. The van der Waals surface area contributed by atoms with Crippen molar-refractivity contribution in [2.45, 2.75) is 38.5 Å². The molecule has 0 amide bonds. The van der Waals surface area contributed by atoms with Gasteiger partial charge in [-0.15, -0.1) is 0 Å². The topological polar surface area (TPSA) is 48.5 Å². The number of aromatic nitrogens is 5. The third-order valence-corrected chi connectivity index (χ3v) is 14.0. The number of benzene rings is 8. The molecule has 0 saturated heterocycles. The molecular formula is C57H41N5. The molecule has 13 rings (SSSR count). The number of hydrogen-bond acceptors (Lipinski definition) is 3. The lowest BCUT2D eigenvalue weighted by Gasteiger charge is -2.22. The Hall–Kier alpha value is -7.63. The number of rotatable bonds is 4. The average Bonchev–Trinajstić information content (AvgIpc) is 3.98. The largest absolute Gasteiger partial charge is 0.309 e. The van der Waals surface area contributed by atoms with E-state index in [4.69, 9.17) is 15.0 Å². The Morgan fingerprint density at radius 3 is 1.48 bits per heavy atom. The molecule has 0 aliphatic heterocycles. The first-order valence-corrected chi connectivity index (χ1v) is 21.5. The first-order chi connectivity index (χ1) is 30.3. The van der Waals surface area contributed by atoms with Crippen molar-refractivity contribution in [2.24, 2.45) is 0 Å². The zero-order chi connectivity index (χ0) is 41.5. The van der Waals surface area contributed by atoms with Gasteiger partial charge < -0.3 is 4.57 Å². The molecule has 62 heavy (non-hydrogen) atoms. The van der Waals surface area contributed by atoms with Gasteiger partial charge in [-0.2, -0.15) is 9.97 Å². The van der Waals surface area contributed by atoms with E-state index >= 15 is 0 Å². The van der Waals surface area contributed by atoms with Crippen molar-refractivity contribution < 1.29 is 0 Å². The maximum atomic E-state index is 5.47. The van der Waals surface area contributed by atoms with Crippen LogP contribution in [0.2, 0.25) is 0 Å². The summed E-state index contributed by atoms with van der Waals surface area (Å²) in [6.45, 7) is 9.29. The predicted molar refractivity (Wildman–Crippen MR) is 255 cm³/mol. The summed E-state index contributed by atoms with van der Waals surface area (Å²) in [6.07, 6.45) is 0. The average molecular weight is 796 g/mol. The minimum Gasteiger partial charge on any atom is -0.309 e. The Kier molecular flexibility index (Phi) is 7.07. The Balaban J connectivity index is 1.10. The normalized spacial score (nSPS) is 14.4. The third kappa shape index (κ3) is 4.71. The maximum absolute atomic E-state index is 5.47. The lowest BCUT2D eigenvalue weighted by atomic mass is 9.82. The van der Waals surface area contributed by atoms with Crippen LogP contribution in [0.5, 0.6) is 0 Å². The van der Waals surface area contributed by atoms with Crippen LogP contribution in [-0.2, 0) is 10.8 Å². The van der Waals surface area contributed by atoms with Gasteiger partial charge in [0.25, 0.3) is 0 Å². The molecule has 0 saturated carbocycles. The molecule has 2 aliphatic rings. The highest BCUT2D eigenvalue weighted by Gasteiger charge is 2.37. The second-order valence-electron chi connectivity index (χ2n) is 18.0. The monoisotopic (exact) mass is 795 g/mol. The molecule has 3 aromatic heterocycles. The van der Waals surface area contributed by atoms with Crippen LogP contribution in [0.1, 0.15) is 49.9 Å². The summed E-state index contributed by atoms with van der Waals surface area (Å²) in [5.41, 5.74) is 17.5. The summed E-state index contributed by atoms with van der Waals surface area (Å²) in [7, 11) is 0. The summed E-state index contributed by atoms with van der Waals surface area (Å²) < 4.78 is 4.68. The predicted octanol–water partition coefficient (Wildman–Crippen LogP) is 14.0. The quantitative estimate of drug-likeness (QED) is 0.178. The Labute approximate surface area is 359 Å². The van der Waals surface area contributed by atoms with Crippen molar-refractivity contribution in [3.63, 3.8) is 0 Å². The van der Waals surface area contributed by atoms with Crippen molar-refractivity contribution in [1.29, 1.82) is 0 Å². The molecule has 294 valence electrons. The molecule has 5 heteroatoms. The van der Waals surface area contributed by atoms with E-state index in [1.54, 1.807) is 0 Å². The number of hydrogen-bond donors (Lipinski definition) is 0. The number of para-hydroxylation sites is 3. The van der Waals surface area contributed by atoms with E-state index in [1.807, 2.05) is 0 Å². The molecule has 3 heterocycles. The van der Waals surface area contributed by atoms with Gasteiger partial charge in [-0.25, -0.2) is 4.98 Å². The van der Waals surface area contributed by atoms with E-state index in [0.29, 0.717) is 17.6 Å². The van der Waals surface area contributed by atoms with Gasteiger partial charge in [-0.3, -0.25) is 4.57 Å². The number of fused-ring (bicyclic) bond motifs is 13. The Morgan fingerprint density at radius 2 is 0.871 bits per heavy atom. The molecule has 5 nitrogen and oxygen atoms in total. The molecular weight excluding hydrogens is 755 g/mol. The molecule has 0 fully saturated rings. The SMILES string of the molecule is CC1(C)c2ccccc2-c2ccc(-c3nc(-c4ccc5c(c4)C(C)(C)c4ccccc4-5)nc(-n4c5ccccc5c5c4ccc4c6ccccc6n(-c6ccccc6)c45)n3)cc21. The van der Waals surface area contributed by atoms with Crippen LogP contribution in [0.3, 0.4) is 0 Å². The van der Waals surface area contributed by atoms with Gasteiger partial charge in [0.2, 0.25) is 5.95 Å². The van der Waals surface area contributed by atoms with Gasteiger partial charge in [-0.05, 0) is 87.0 Å². The molecule has 0 unspecified atom stereocenters. The summed E-state index contributed by atoms with van der Waals surface area (Å²) in [6, 6.07) is 63.8. The fourth-order valence-electron chi connectivity index (χ4n) is 11.0. The smallest absolute Gasteiger partial charge is 0.238 e. The van der Waals surface area contributed by atoms with Crippen LogP contribution in [-0.4, -0.2) is 24.1 Å². The van der Waals surface area contributed by atoms with E-state index in [9.17, 15) is 0 Å². The summed E-state index contributed by atoms with van der Waals surface area (Å²) in [5.74, 6) is 1.88. The Morgan fingerprint density at radius 1 is 0.371 bits per heavy atom. The summed E-state index contributed by atoms with van der Waals surface area (Å²) in [4.78, 5) is 16.3. The maximum Gasteiger partial charge on any atom is 0.238 e. The third-order valence-electron chi connectivity index (χ3n) is 14.0. The van der Waals surface area contributed by atoms with Crippen molar-refractivity contribution in [3.8, 4) is 56.7 Å². The van der Waals surface area contributed by atoms with Crippen LogP contribution in [0.4, 0.5) is 0 Å². The van der Waals surface area contributed by atoms with Crippen molar-refractivity contribution in [1.82, 2.24) is 24.1 Å². The molecule has 0 atom stereocenters. The van der Waals surface area contributed by atoms with E-state index in [0.717, 1.165) is 38.6 Å². The molecule has 2 aliphatic carbocycles. The lowest BCUT2D eigenvalue weighted by Crippen LogP contribution is -2.15. The highest BCUT2D eigenvalue weighted by molar-refractivity contribution is 6.26. The van der Waals surface area contributed by atoms with Crippen LogP contribution >= 0.6 is 0 Å². The zero-order valence-corrected chi connectivity index (χ0v) is 35.0. The van der Waals surface area contributed by atoms with Crippen LogP contribution < -0.4 is 0 Å². The van der Waals surface area contributed by atoms with E-state index < -0.39 is 0 Å². The second kappa shape index (κ2) is 12.5. The minimum absolute atomic E-state index is 0.170. The Bertz CT molecular complexity index is 3570. The zero-order valence-electron chi connectivity index (χ0n) is 35.0. The van der Waals surface area contributed by atoms with Gasteiger partial charge >= 0.3 is 0 Å². The summed E-state index contributed by atoms with van der Waals surface area (Å²) >= 11 is 0. The first kappa shape index (κ1) is 35.2. The molecule has 0 spiro atoms. The fourth-order valence-corrected chi connectivity index (χ4v) is 11.0. The highest BCUT2D eigenvalue weighted by Crippen LogP contribution is 2.51.